The molecule has 1 aromatic carbocycles. The second kappa shape index (κ2) is 8.63. The first-order valence-corrected chi connectivity index (χ1v) is 10.4. The zero-order chi connectivity index (χ0) is 20.2. The smallest absolute Gasteiger partial charge is 0.241 e. The molecular weight excluding hydrogens is 362 g/mol. The lowest BCUT2D eigenvalue weighted by molar-refractivity contribution is -0.123. The van der Waals surface area contributed by atoms with Gasteiger partial charge >= 0.3 is 0 Å². The number of pyridine rings is 1. The molecule has 0 fully saturated rings. The van der Waals surface area contributed by atoms with Gasteiger partial charge in [0.05, 0.1) is 4.90 Å². The fourth-order valence-corrected chi connectivity index (χ4v) is 4.91. The number of nitrogens with one attached hydrogen (secondary N) is 2. The van der Waals surface area contributed by atoms with Crippen molar-refractivity contribution in [2.24, 2.45) is 5.92 Å². The number of hydrogen-bond acceptors (Lipinski definition) is 4. The predicted octanol–water partition coefficient (Wildman–Crippen LogP) is 2.63. The molecule has 0 aliphatic rings. The molecule has 1 amide bonds. The Morgan fingerprint density at radius 3 is 2.30 bits per heavy atom. The van der Waals surface area contributed by atoms with Crippen LogP contribution in [0, 0.1) is 26.7 Å². The van der Waals surface area contributed by atoms with Gasteiger partial charge in [-0.25, -0.2) is 8.42 Å². The standard InChI is InChI=1S/C20H27N3O3S/c1-13(2)18(20(24)22-12-17-7-6-8-21-11-17)23-27(25,26)19-15(4)9-14(3)10-16(19)5/h6-11,13,18,23H,12H2,1-5H3,(H,22,24)/t18-/m1/s1. The molecule has 146 valence electrons. The fourth-order valence-electron chi connectivity index (χ4n) is 3.11. The molecule has 0 aliphatic carbocycles. The van der Waals surface area contributed by atoms with E-state index in [1.807, 2.05) is 39.0 Å². The number of carbonyl (C=O) groups is 1. The van der Waals surface area contributed by atoms with Crippen molar-refractivity contribution in [3.63, 3.8) is 0 Å². The zero-order valence-corrected chi connectivity index (χ0v) is 17.2. The Labute approximate surface area is 161 Å². The summed E-state index contributed by atoms with van der Waals surface area (Å²) in [6, 6.07) is 6.42. The Hall–Kier alpha value is -2.25. The summed E-state index contributed by atoms with van der Waals surface area (Å²) in [5.74, 6) is -0.570. The molecule has 1 aromatic heterocycles. The maximum atomic E-state index is 13.0. The molecule has 6 nitrogen and oxygen atoms in total. The average Bonchev–Trinajstić information content (AvgIpc) is 2.57. The number of nitrogens with zero attached hydrogens (tertiary/aromatic N) is 1. The van der Waals surface area contributed by atoms with Gasteiger partial charge < -0.3 is 5.32 Å². The van der Waals surface area contributed by atoms with Gasteiger partial charge in [-0.05, 0) is 49.4 Å². The number of carbonyl (C=O) groups excluding carboxylic acids is 1. The Kier molecular flexibility index (Phi) is 6.73. The number of sulfonamides is 1. The van der Waals surface area contributed by atoms with Crippen LogP contribution in [-0.2, 0) is 21.4 Å². The average molecular weight is 390 g/mol. The molecular formula is C20H27N3O3S. The van der Waals surface area contributed by atoms with Gasteiger partial charge in [0.15, 0.2) is 0 Å². The van der Waals surface area contributed by atoms with Gasteiger partial charge in [-0.2, -0.15) is 4.72 Å². The minimum Gasteiger partial charge on any atom is -0.351 e. The van der Waals surface area contributed by atoms with Crippen molar-refractivity contribution in [3.8, 4) is 0 Å². The Balaban J connectivity index is 2.21. The topological polar surface area (TPSA) is 88.2 Å². The van der Waals surface area contributed by atoms with Crippen LogP contribution in [0.2, 0.25) is 0 Å². The number of hydrogen-bond donors (Lipinski definition) is 2. The van der Waals surface area contributed by atoms with Crippen LogP contribution in [0.5, 0.6) is 0 Å². The number of benzene rings is 1. The molecule has 0 saturated carbocycles. The first-order chi connectivity index (χ1) is 12.6. The third-order valence-electron chi connectivity index (χ3n) is 4.29. The SMILES string of the molecule is Cc1cc(C)c(S(=O)(=O)N[C@@H](C(=O)NCc2cccnc2)C(C)C)c(C)c1. The molecule has 0 spiro atoms. The molecule has 0 radical (unpaired) electrons. The van der Waals surface area contributed by atoms with Gasteiger partial charge in [-0.15, -0.1) is 0 Å². The van der Waals surface area contributed by atoms with E-state index in [0.29, 0.717) is 17.7 Å². The summed E-state index contributed by atoms with van der Waals surface area (Å²) in [6.45, 7) is 9.37. The summed E-state index contributed by atoms with van der Waals surface area (Å²) in [7, 11) is -3.83. The lowest BCUT2D eigenvalue weighted by Gasteiger charge is -2.23. The van der Waals surface area contributed by atoms with Crippen LogP contribution in [0.25, 0.3) is 0 Å². The normalized spacial score (nSPS) is 12.8. The molecule has 2 rings (SSSR count). The van der Waals surface area contributed by atoms with Crippen molar-refractivity contribution < 1.29 is 13.2 Å². The molecule has 0 aliphatic heterocycles. The Morgan fingerprint density at radius 2 is 1.78 bits per heavy atom. The molecule has 0 saturated heterocycles. The van der Waals surface area contributed by atoms with Crippen LogP contribution in [0.3, 0.4) is 0 Å². The van der Waals surface area contributed by atoms with E-state index in [1.165, 1.54) is 0 Å². The van der Waals surface area contributed by atoms with Gasteiger partial charge in [0.1, 0.15) is 6.04 Å². The number of aromatic nitrogens is 1. The lowest BCUT2D eigenvalue weighted by atomic mass is 10.0. The molecule has 2 N–H and O–H groups in total. The Bertz CT molecular complexity index is 886. The summed E-state index contributed by atoms with van der Waals surface area (Å²) in [6.07, 6.45) is 3.32. The summed E-state index contributed by atoms with van der Waals surface area (Å²) >= 11 is 0. The Morgan fingerprint density at radius 1 is 1.15 bits per heavy atom. The number of amides is 1. The van der Waals surface area contributed by atoms with Gasteiger partial charge in [0.2, 0.25) is 15.9 Å². The van der Waals surface area contributed by atoms with E-state index >= 15 is 0 Å². The van der Waals surface area contributed by atoms with E-state index in [9.17, 15) is 13.2 Å². The number of aryl methyl sites for hydroxylation is 3. The molecule has 1 atom stereocenters. The molecule has 0 bridgehead atoms. The predicted molar refractivity (Wildman–Crippen MR) is 106 cm³/mol. The van der Waals surface area contributed by atoms with E-state index < -0.39 is 16.1 Å². The van der Waals surface area contributed by atoms with Crippen molar-refractivity contribution in [1.82, 2.24) is 15.0 Å². The second-order valence-electron chi connectivity index (χ2n) is 7.15. The highest BCUT2D eigenvalue weighted by molar-refractivity contribution is 7.89. The summed E-state index contributed by atoms with van der Waals surface area (Å²) in [5.41, 5.74) is 3.18. The zero-order valence-electron chi connectivity index (χ0n) is 16.4. The van der Waals surface area contributed by atoms with E-state index in [1.54, 1.807) is 32.3 Å². The van der Waals surface area contributed by atoms with Crippen LogP contribution >= 0.6 is 0 Å². The van der Waals surface area contributed by atoms with Crippen molar-refractivity contribution in [1.29, 1.82) is 0 Å². The molecule has 0 unspecified atom stereocenters. The minimum atomic E-state index is -3.83. The first-order valence-electron chi connectivity index (χ1n) is 8.88. The van der Waals surface area contributed by atoms with Crippen LogP contribution in [0.15, 0.2) is 41.6 Å². The van der Waals surface area contributed by atoms with Crippen molar-refractivity contribution >= 4 is 15.9 Å². The summed E-state index contributed by atoms with van der Waals surface area (Å²) < 4.78 is 28.5. The fraction of sp³-hybridized carbons (Fsp3) is 0.400. The monoisotopic (exact) mass is 389 g/mol. The summed E-state index contributed by atoms with van der Waals surface area (Å²) in [5, 5.41) is 2.79. The van der Waals surface area contributed by atoms with Crippen molar-refractivity contribution in [2.75, 3.05) is 0 Å². The first kappa shape index (κ1) is 21.1. The highest BCUT2D eigenvalue weighted by atomic mass is 32.2. The van der Waals surface area contributed by atoms with Gasteiger partial charge in [0, 0.05) is 18.9 Å². The largest absolute Gasteiger partial charge is 0.351 e. The second-order valence-corrected chi connectivity index (χ2v) is 8.80. The maximum Gasteiger partial charge on any atom is 0.241 e. The summed E-state index contributed by atoms with van der Waals surface area (Å²) in [4.78, 5) is 16.9. The van der Waals surface area contributed by atoms with Crippen LogP contribution in [0.4, 0.5) is 0 Å². The van der Waals surface area contributed by atoms with Crippen LogP contribution < -0.4 is 10.0 Å². The van der Waals surface area contributed by atoms with E-state index in [4.69, 9.17) is 0 Å². The van der Waals surface area contributed by atoms with Gasteiger partial charge in [0.25, 0.3) is 0 Å². The molecule has 7 heteroatoms. The third-order valence-corrected chi connectivity index (χ3v) is 6.04. The highest BCUT2D eigenvalue weighted by Crippen LogP contribution is 2.22. The molecule has 2 aromatic rings. The van der Waals surface area contributed by atoms with E-state index in [2.05, 4.69) is 15.0 Å². The van der Waals surface area contributed by atoms with E-state index in [-0.39, 0.29) is 16.7 Å². The maximum absolute atomic E-state index is 13.0. The van der Waals surface area contributed by atoms with Crippen LogP contribution in [0.1, 0.15) is 36.1 Å². The number of rotatable bonds is 7. The van der Waals surface area contributed by atoms with Crippen LogP contribution in [-0.4, -0.2) is 25.4 Å². The third kappa shape index (κ3) is 5.37. The molecule has 1 heterocycles. The van der Waals surface area contributed by atoms with E-state index in [0.717, 1.165) is 11.1 Å². The highest BCUT2D eigenvalue weighted by Gasteiger charge is 2.30. The van der Waals surface area contributed by atoms with Crippen molar-refractivity contribution in [2.45, 2.75) is 52.1 Å². The lowest BCUT2D eigenvalue weighted by Crippen LogP contribution is -2.49. The minimum absolute atomic E-state index is 0.209. The van der Waals surface area contributed by atoms with Crippen molar-refractivity contribution in [3.05, 3.63) is 58.9 Å². The molecule has 27 heavy (non-hydrogen) atoms. The van der Waals surface area contributed by atoms with Gasteiger partial charge in [-0.3, -0.25) is 9.78 Å². The van der Waals surface area contributed by atoms with Gasteiger partial charge in [-0.1, -0.05) is 37.6 Å². The quantitative estimate of drug-likeness (QED) is 0.762.